The first-order valence-corrected chi connectivity index (χ1v) is 10.7. The molecule has 0 radical (unpaired) electrons. The van der Waals surface area contributed by atoms with Gasteiger partial charge in [-0.15, -0.1) is 11.3 Å². The number of anilines is 1. The van der Waals surface area contributed by atoms with Crippen molar-refractivity contribution in [3.05, 3.63) is 54.2 Å². The van der Waals surface area contributed by atoms with Crippen molar-refractivity contribution in [2.45, 2.75) is 11.1 Å². The molecule has 2 aromatic heterocycles. The van der Waals surface area contributed by atoms with E-state index in [1.807, 2.05) is 37.3 Å². The van der Waals surface area contributed by atoms with Crippen LogP contribution in [0.3, 0.4) is 0 Å². The topological polar surface area (TPSA) is 69.3 Å². The van der Waals surface area contributed by atoms with E-state index in [-0.39, 0.29) is 0 Å². The van der Waals surface area contributed by atoms with Crippen LogP contribution in [0.2, 0.25) is 0 Å². The maximum absolute atomic E-state index is 13.0. The number of sulfonamides is 1. The Labute approximate surface area is 157 Å². The van der Waals surface area contributed by atoms with Crippen LogP contribution in [0.4, 0.5) is 5.69 Å². The number of aromatic amines is 1. The van der Waals surface area contributed by atoms with Crippen molar-refractivity contribution in [1.29, 1.82) is 0 Å². The van der Waals surface area contributed by atoms with Crippen LogP contribution in [-0.4, -0.2) is 49.1 Å². The van der Waals surface area contributed by atoms with Crippen molar-refractivity contribution in [3.63, 3.8) is 0 Å². The van der Waals surface area contributed by atoms with Gasteiger partial charge in [-0.3, -0.25) is 5.10 Å². The average Bonchev–Trinajstić information content (AvgIpc) is 3.32. The van der Waals surface area contributed by atoms with E-state index in [0.717, 1.165) is 22.0 Å². The molecule has 1 aromatic carbocycles. The van der Waals surface area contributed by atoms with Gasteiger partial charge in [-0.1, -0.05) is 18.2 Å². The van der Waals surface area contributed by atoms with Gasteiger partial charge in [-0.2, -0.15) is 9.40 Å². The summed E-state index contributed by atoms with van der Waals surface area (Å²) in [6.07, 6.45) is 0. The number of aromatic nitrogens is 2. The predicted octanol–water partition coefficient (Wildman–Crippen LogP) is 2.96. The molecule has 1 aliphatic heterocycles. The molecule has 0 spiro atoms. The van der Waals surface area contributed by atoms with Gasteiger partial charge in [0.15, 0.2) is 0 Å². The normalized spacial score (nSPS) is 16.1. The lowest BCUT2D eigenvalue weighted by molar-refractivity contribution is 0.386. The highest BCUT2D eigenvalue weighted by molar-refractivity contribution is 7.91. The summed E-state index contributed by atoms with van der Waals surface area (Å²) in [5.41, 5.74) is 2.87. The number of nitrogens with one attached hydrogen (secondary N) is 1. The number of nitrogens with zero attached hydrogens (tertiary/aromatic N) is 3. The minimum Gasteiger partial charge on any atom is -0.369 e. The van der Waals surface area contributed by atoms with Crippen molar-refractivity contribution in [2.24, 2.45) is 0 Å². The predicted molar refractivity (Wildman–Crippen MR) is 104 cm³/mol. The number of rotatable bonds is 4. The highest BCUT2D eigenvalue weighted by Gasteiger charge is 2.30. The summed E-state index contributed by atoms with van der Waals surface area (Å²) < 4.78 is 27.9. The highest BCUT2D eigenvalue weighted by Crippen LogP contribution is 2.32. The molecule has 1 saturated heterocycles. The lowest BCUT2D eigenvalue weighted by Gasteiger charge is -2.35. The van der Waals surface area contributed by atoms with Gasteiger partial charge in [0, 0.05) is 37.6 Å². The molecule has 3 heterocycles. The second kappa shape index (κ2) is 6.86. The van der Waals surface area contributed by atoms with E-state index in [0.29, 0.717) is 30.4 Å². The number of hydrogen-bond acceptors (Lipinski definition) is 5. The Kier molecular flexibility index (Phi) is 4.56. The van der Waals surface area contributed by atoms with Crippen LogP contribution in [0.15, 0.2) is 52.7 Å². The van der Waals surface area contributed by atoms with Crippen LogP contribution in [-0.2, 0) is 10.0 Å². The van der Waals surface area contributed by atoms with Crippen LogP contribution in [0.1, 0.15) is 5.69 Å². The van der Waals surface area contributed by atoms with Crippen LogP contribution in [0.5, 0.6) is 0 Å². The molecule has 136 valence electrons. The van der Waals surface area contributed by atoms with Gasteiger partial charge in [0.2, 0.25) is 0 Å². The molecule has 0 unspecified atom stereocenters. The molecule has 0 atom stereocenters. The van der Waals surface area contributed by atoms with E-state index in [1.165, 1.54) is 11.3 Å². The molecule has 8 heteroatoms. The summed E-state index contributed by atoms with van der Waals surface area (Å²) in [6.45, 7) is 4.30. The number of thiophene rings is 1. The molecule has 0 aliphatic carbocycles. The van der Waals surface area contributed by atoms with Crippen molar-refractivity contribution in [2.75, 3.05) is 31.1 Å². The van der Waals surface area contributed by atoms with Crippen LogP contribution in [0.25, 0.3) is 10.6 Å². The highest BCUT2D eigenvalue weighted by atomic mass is 32.2. The van der Waals surface area contributed by atoms with Crippen LogP contribution >= 0.6 is 11.3 Å². The zero-order valence-corrected chi connectivity index (χ0v) is 16.1. The van der Waals surface area contributed by atoms with Gasteiger partial charge in [0.25, 0.3) is 10.0 Å². The Morgan fingerprint density at radius 1 is 1.04 bits per heavy atom. The maximum Gasteiger partial charge on any atom is 0.252 e. The number of piperazine rings is 1. The standard InChI is InChI=1S/C18H20N4O2S2/c1-14-13-16(20-19-14)17-7-8-18(25-17)26(23,24)22-11-9-21(10-12-22)15-5-3-2-4-6-15/h2-8,13H,9-12H2,1H3,(H,19,20). The molecule has 0 amide bonds. The SMILES string of the molecule is Cc1cc(-c2ccc(S(=O)(=O)N3CCN(c4ccccc4)CC3)s2)n[nH]1. The second-order valence-corrected chi connectivity index (χ2v) is 9.53. The molecule has 1 N–H and O–H groups in total. The molecule has 1 aliphatic rings. The number of hydrogen-bond donors (Lipinski definition) is 1. The molecule has 6 nitrogen and oxygen atoms in total. The van der Waals surface area contributed by atoms with Crippen molar-refractivity contribution in [3.8, 4) is 10.6 Å². The fraction of sp³-hybridized carbons (Fsp3) is 0.278. The van der Waals surface area contributed by atoms with Gasteiger partial charge < -0.3 is 4.90 Å². The summed E-state index contributed by atoms with van der Waals surface area (Å²) >= 11 is 1.27. The third-order valence-corrected chi connectivity index (χ3v) is 7.97. The van der Waals surface area contributed by atoms with Gasteiger partial charge >= 0.3 is 0 Å². The molecule has 0 bridgehead atoms. The summed E-state index contributed by atoms with van der Waals surface area (Å²) in [4.78, 5) is 3.08. The van der Waals surface area contributed by atoms with Gasteiger partial charge in [0.05, 0.1) is 4.88 Å². The van der Waals surface area contributed by atoms with Gasteiger partial charge in [-0.05, 0) is 37.3 Å². The molecule has 1 fully saturated rings. The van der Waals surface area contributed by atoms with Gasteiger partial charge in [0.1, 0.15) is 9.90 Å². The van der Waals surface area contributed by atoms with E-state index < -0.39 is 10.0 Å². The van der Waals surface area contributed by atoms with E-state index in [4.69, 9.17) is 0 Å². The zero-order valence-electron chi connectivity index (χ0n) is 14.4. The molecular weight excluding hydrogens is 368 g/mol. The molecule has 0 saturated carbocycles. The van der Waals surface area contributed by atoms with Crippen LogP contribution in [0, 0.1) is 6.92 Å². The van der Waals surface area contributed by atoms with Crippen molar-refractivity contribution < 1.29 is 8.42 Å². The Balaban J connectivity index is 1.49. The number of H-pyrrole nitrogens is 1. The fourth-order valence-corrected chi connectivity index (χ4v) is 5.94. The first-order valence-electron chi connectivity index (χ1n) is 8.46. The van der Waals surface area contributed by atoms with E-state index in [1.54, 1.807) is 10.4 Å². The average molecular weight is 389 g/mol. The maximum atomic E-state index is 13.0. The summed E-state index contributed by atoms with van der Waals surface area (Å²) in [5.74, 6) is 0. The molecule has 3 aromatic rings. The Hall–Kier alpha value is -2.16. The minimum absolute atomic E-state index is 0.376. The second-order valence-electron chi connectivity index (χ2n) is 6.28. The first kappa shape index (κ1) is 17.3. The molecule has 26 heavy (non-hydrogen) atoms. The first-order chi connectivity index (χ1) is 12.5. The smallest absolute Gasteiger partial charge is 0.252 e. The molecular formula is C18H20N4O2S2. The fourth-order valence-electron chi connectivity index (χ4n) is 3.09. The van der Waals surface area contributed by atoms with Crippen molar-refractivity contribution >= 4 is 27.0 Å². The van der Waals surface area contributed by atoms with E-state index in [2.05, 4.69) is 27.2 Å². The largest absolute Gasteiger partial charge is 0.369 e. The lowest BCUT2D eigenvalue weighted by atomic mass is 10.2. The number of benzene rings is 1. The zero-order chi connectivity index (χ0) is 18.1. The molecule has 4 rings (SSSR count). The summed E-state index contributed by atoms with van der Waals surface area (Å²) in [5, 5.41) is 7.10. The lowest BCUT2D eigenvalue weighted by Crippen LogP contribution is -2.48. The Morgan fingerprint density at radius 2 is 1.77 bits per heavy atom. The third-order valence-electron chi connectivity index (χ3n) is 4.49. The van der Waals surface area contributed by atoms with Crippen molar-refractivity contribution in [1.82, 2.24) is 14.5 Å². The number of para-hydroxylation sites is 1. The van der Waals surface area contributed by atoms with Gasteiger partial charge in [-0.25, -0.2) is 8.42 Å². The summed E-state index contributed by atoms with van der Waals surface area (Å²) in [7, 11) is -3.46. The minimum atomic E-state index is -3.46. The Morgan fingerprint density at radius 3 is 2.42 bits per heavy atom. The summed E-state index contributed by atoms with van der Waals surface area (Å²) in [6, 6.07) is 15.5. The third kappa shape index (κ3) is 3.27. The van der Waals surface area contributed by atoms with E-state index >= 15 is 0 Å². The Bertz CT molecular complexity index is 987. The van der Waals surface area contributed by atoms with Crippen LogP contribution < -0.4 is 4.90 Å². The quantitative estimate of drug-likeness (QED) is 0.746. The number of aryl methyl sites for hydroxylation is 1. The van der Waals surface area contributed by atoms with E-state index in [9.17, 15) is 8.42 Å². The monoisotopic (exact) mass is 388 g/mol.